The van der Waals surface area contributed by atoms with E-state index >= 15 is 0 Å². The van der Waals surface area contributed by atoms with E-state index in [1.807, 2.05) is 30.8 Å². The van der Waals surface area contributed by atoms with Crippen molar-refractivity contribution < 1.29 is 4.74 Å². The number of fused-ring (bicyclic) bond motifs is 1. The fraction of sp³-hybridized carbons (Fsp3) is 0.385. The molecule has 92 valence electrons. The number of rotatable bonds is 5. The zero-order valence-corrected chi connectivity index (χ0v) is 11.1. The van der Waals surface area contributed by atoms with Crippen LogP contribution in [0, 0.1) is 0 Å². The van der Waals surface area contributed by atoms with Crippen LogP contribution in [0.3, 0.4) is 0 Å². The molecule has 4 heteroatoms. The molecule has 0 amide bonds. The Kier molecular flexibility index (Phi) is 3.97. The molecule has 1 aromatic heterocycles. The van der Waals surface area contributed by atoms with Gasteiger partial charge in [-0.2, -0.15) is 0 Å². The molecule has 0 fully saturated rings. The number of ether oxygens (including phenoxy) is 1. The van der Waals surface area contributed by atoms with Gasteiger partial charge in [-0.3, -0.25) is 0 Å². The van der Waals surface area contributed by atoms with Gasteiger partial charge in [-0.1, -0.05) is 6.92 Å². The molecule has 3 nitrogen and oxygen atoms in total. The SMILES string of the molecule is CCOCn1ccc2c(SCC)cc(N)cc21. The van der Waals surface area contributed by atoms with Crippen LogP contribution in [0.1, 0.15) is 13.8 Å². The molecule has 0 bridgehead atoms. The van der Waals surface area contributed by atoms with Crippen molar-refractivity contribution in [3.8, 4) is 0 Å². The molecule has 17 heavy (non-hydrogen) atoms. The molecule has 0 spiro atoms. The Hall–Kier alpha value is -1.13. The number of nitrogens with two attached hydrogens (primary N) is 1. The predicted molar refractivity (Wildman–Crippen MR) is 74.4 cm³/mol. The van der Waals surface area contributed by atoms with E-state index < -0.39 is 0 Å². The number of benzene rings is 1. The molecule has 0 atom stereocenters. The van der Waals surface area contributed by atoms with E-state index in [1.54, 1.807) is 0 Å². The molecule has 0 saturated carbocycles. The summed E-state index contributed by atoms with van der Waals surface area (Å²) in [4.78, 5) is 1.25. The third kappa shape index (κ3) is 2.58. The summed E-state index contributed by atoms with van der Waals surface area (Å²) in [5.41, 5.74) is 7.90. The number of hydrogen-bond donors (Lipinski definition) is 1. The third-order valence-electron chi connectivity index (χ3n) is 2.61. The monoisotopic (exact) mass is 250 g/mol. The van der Waals surface area contributed by atoms with Crippen molar-refractivity contribution in [3.05, 3.63) is 24.4 Å². The summed E-state index contributed by atoms with van der Waals surface area (Å²) in [5.74, 6) is 1.05. The highest BCUT2D eigenvalue weighted by Gasteiger charge is 2.07. The zero-order chi connectivity index (χ0) is 12.3. The molecular formula is C13H18N2OS. The topological polar surface area (TPSA) is 40.2 Å². The minimum absolute atomic E-state index is 0.583. The van der Waals surface area contributed by atoms with Crippen LogP contribution < -0.4 is 5.73 Å². The molecule has 2 N–H and O–H groups in total. The Morgan fingerprint density at radius 2 is 2.18 bits per heavy atom. The maximum absolute atomic E-state index is 5.94. The predicted octanol–water partition coefficient (Wildman–Crippen LogP) is 3.33. The lowest BCUT2D eigenvalue weighted by atomic mass is 10.2. The van der Waals surface area contributed by atoms with Gasteiger partial charge in [0.15, 0.2) is 0 Å². The molecule has 0 aliphatic heterocycles. The van der Waals surface area contributed by atoms with Gasteiger partial charge in [0.25, 0.3) is 0 Å². The summed E-state index contributed by atoms with van der Waals surface area (Å²) in [5, 5.41) is 1.26. The first-order valence-electron chi connectivity index (χ1n) is 5.85. The first-order chi connectivity index (χ1) is 8.26. The van der Waals surface area contributed by atoms with Crippen molar-refractivity contribution in [1.29, 1.82) is 0 Å². The Balaban J connectivity index is 2.45. The minimum atomic E-state index is 0.583. The van der Waals surface area contributed by atoms with E-state index in [9.17, 15) is 0 Å². The van der Waals surface area contributed by atoms with Crippen molar-refractivity contribution in [1.82, 2.24) is 4.57 Å². The average Bonchev–Trinajstić information content (AvgIpc) is 2.70. The summed E-state index contributed by atoms with van der Waals surface area (Å²) < 4.78 is 7.53. The van der Waals surface area contributed by atoms with Crippen molar-refractivity contribution >= 4 is 28.4 Å². The highest BCUT2D eigenvalue weighted by atomic mass is 32.2. The van der Waals surface area contributed by atoms with Crippen LogP contribution in [-0.2, 0) is 11.5 Å². The standard InChI is InChI=1S/C13H18N2OS/c1-3-16-9-15-6-5-11-12(15)7-10(14)8-13(11)17-4-2/h5-8H,3-4,9,14H2,1-2H3. The maximum atomic E-state index is 5.94. The van der Waals surface area contributed by atoms with Gasteiger partial charge in [0, 0.05) is 28.8 Å². The summed E-state index contributed by atoms with van der Waals surface area (Å²) in [6.07, 6.45) is 2.06. The van der Waals surface area contributed by atoms with E-state index in [2.05, 4.69) is 23.8 Å². The van der Waals surface area contributed by atoms with Gasteiger partial charge in [0.2, 0.25) is 0 Å². The van der Waals surface area contributed by atoms with Crippen LogP contribution >= 0.6 is 11.8 Å². The van der Waals surface area contributed by atoms with Crippen LogP contribution in [0.5, 0.6) is 0 Å². The number of anilines is 1. The van der Waals surface area contributed by atoms with Crippen LogP contribution in [0.4, 0.5) is 5.69 Å². The lowest BCUT2D eigenvalue weighted by molar-refractivity contribution is 0.0909. The normalized spacial score (nSPS) is 11.2. The molecule has 2 rings (SSSR count). The molecule has 0 saturated heterocycles. The van der Waals surface area contributed by atoms with Crippen molar-refractivity contribution in [2.45, 2.75) is 25.5 Å². The highest BCUT2D eigenvalue weighted by Crippen LogP contribution is 2.31. The van der Waals surface area contributed by atoms with Gasteiger partial charge in [-0.05, 0) is 30.9 Å². The smallest absolute Gasteiger partial charge is 0.122 e. The molecule has 0 radical (unpaired) electrons. The second-order valence-electron chi connectivity index (χ2n) is 3.79. The van der Waals surface area contributed by atoms with E-state index in [0.29, 0.717) is 6.73 Å². The van der Waals surface area contributed by atoms with E-state index in [4.69, 9.17) is 10.5 Å². The number of nitrogens with zero attached hydrogens (tertiary/aromatic N) is 1. The lowest BCUT2D eigenvalue weighted by Gasteiger charge is -2.08. The summed E-state index contributed by atoms with van der Waals surface area (Å²) >= 11 is 1.82. The summed E-state index contributed by atoms with van der Waals surface area (Å²) in [7, 11) is 0. The molecule has 0 aliphatic carbocycles. The van der Waals surface area contributed by atoms with E-state index in [-0.39, 0.29) is 0 Å². The Morgan fingerprint density at radius 3 is 2.88 bits per heavy atom. The maximum Gasteiger partial charge on any atom is 0.122 e. The Labute approximate surface area is 106 Å². The van der Waals surface area contributed by atoms with Crippen molar-refractivity contribution in [3.63, 3.8) is 0 Å². The molecule has 1 heterocycles. The quantitative estimate of drug-likeness (QED) is 0.653. The Morgan fingerprint density at radius 1 is 1.35 bits per heavy atom. The first-order valence-corrected chi connectivity index (χ1v) is 6.83. The van der Waals surface area contributed by atoms with Gasteiger partial charge < -0.3 is 15.0 Å². The second kappa shape index (κ2) is 5.47. The molecule has 1 aromatic carbocycles. The van der Waals surface area contributed by atoms with Crippen LogP contribution in [-0.4, -0.2) is 16.9 Å². The van der Waals surface area contributed by atoms with Crippen LogP contribution in [0.2, 0.25) is 0 Å². The largest absolute Gasteiger partial charge is 0.399 e. The third-order valence-corrected chi connectivity index (χ3v) is 3.54. The first kappa shape index (κ1) is 12.3. The molecule has 0 aliphatic rings. The highest BCUT2D eigenvalue weighted by molar-refractivity contribution is 7.99. The fourth-order valence-corrected chi connectivity index (χ4v) is 2.72. The second-order valence-corrected chi connectivity index (χ2v) is 5.10. The van der Waals surface area contributed by atoms with Gasteiger partial charge in [-0.25, -0.2) is 0 Å². The minimum Gasteiger partial charge on any atom is -0.399 e. The number of thioether (sulfide) groups is 1. The van der Waals surface area contributed by atoms with E-state index in [1.165, 1.54) is 10.3 Å². The van der Waals surface area contributed by atoms with Crippen molar-refractivity contribution in [2.75, 3.05) is 18.1 Å². The van der Waals surface area contributed by atoms with Gasteiger partial charge >= 0.3 is 0 Å². The van der Waals surface area contributed by atoms with Gasteiger partial charge in [-0.15, -0.1) is 11.8 Å². The zero-order valence-electron chi connectivity index (χ0n) is 10.3. The van der Waals surface area contributed by atoms with Crippen LogP contribution in [0.25, 0.3) is 10.9 Å². The summed E-state index contributed by atoms with van der Waals surface area (Å²) in [6.45, 7) is 5.45. The molecule has 0 unspecified atom stereocenters. The van der Waals surface area contributed by atoms with E-state index in [0.717, 1.165) is 23.6 Å². The number of nitrogen functional groups attached to an aromatic ring is 1. The lowest BCUT2D eigenvalue weighted by Crippen LogP contribution is -2.00. The van der Waals surface area contributed by atoms with Crippen LogP contribution in [0.15, 0.2) is 29.3 Å². The van der Waals surface area contributed by atoms with Gasteiger partial charge in [0.05, 0.1) is 5.52 Å². The summed E-state index contributed by atoms with van der Waals surface area (Å²) in [6, 6.07) is 6.18. The van der Waals surface area contributed by atoms with Gasteiger partial charge in [0.1, 0.15) is 6.73 Å². The fourth-order valence-electron chi connectivity index (χ4n) is 1.86. The molecular weight excluding hydrogens is 232 g/mol. The molecule has 2 aromatic rings. The number of hydrogen-bond acceptors (Lipinski definition) is 3. The number of aromatic nitrogens is 1. The van der Waals surface area contributed by atoms with Crippen molar-refractivity contribution in [2.24, 2.45) is 0 Å². The average molecular weight is 250 g/mol. The Bertz CT molecular complexity index is 507.